The molecule has 0 saturated carbocycles. The average molecular weight is 266 g/mol. The largest absolute Gasteiger partial charge is 0.383 e. The van der Waals surface area contributed by atoms with E-state index in [1.807, 2.05) is 25.5 Å². The first kappa shape index (κ1) is 13.2. The van der Waals surface area contributed by atoms with Crippen LogP contribution >= 0.6 is 11.3 Å². The van der Waals surface area contributed by atoms with Gasteiger partial charge in [-0.2, -0.15) is 0 Å². The van der Waals surface area contributed by atoms with Gasteiger partial charge in [0.2, 0.25) is 0 Å². The van der Waals surface area contributed by atoms with Crippen molar-refractivity contribution < 1.29 is 4.74 Å². The van der Waals surface area contributed by atoms with Gasteiger partial charge < -0.3 is 10.1 Å². The molecule has 2 aromatic heterocycles. The summed E-state index contributed by atoms with van der Waals surface area (Å²) >= 11 is 1.64. The fourth-order valence-corrected chi connectivity index (χ4v) is 2.51. The molecule has 0 aliphatic carbocycles. The minimum absolute atomic E-state index is 0.719. The van der Waals surface area contributed by atoms with E-state index in [0.717, 1.165) is 41.6 Å². The monoisotopic (exact) mass is 266 g/mol. The fraction of sp³-hybridized carbons (Fsp3) is 0.500. The maximum absolute atomic E-state index is 5.06. The number of nitrogens with one attached hydrogen (secondary N) is 1. The zero-order chi connectivity index (χ0) is 13.0. The summed E-state index contributed by atoms with van der Waals surface area (Å²) in [6.07, 6.45) is 0. The molecule has 98 valence electrons. The van der Waals surface area contributed by atoms with E-state index >= 15 is 0 Å². The summed E-state index contributed by atoms with van der Waals surface area (Å²) in [5.41, 5.74) is 0. The molecular formula is C12H18N4OS. The Morgan fingerprint density at radius 1 is 1.44 bits per heavy atom. The first-order valence-electron chi connectivity index (χ1n) is 5.84. The van der Waals surface area contributed by atoms with Gasteiger partial charge in [-0.3, -0.25) is 4.90 Å². The lowest BCUT2D eigenvalue weighted by atomic mass is 10.3. The third-order valence-electron chi connectivity index (χ3n) is 2.70. The van der Waals surface area contributed by atoms with Crippen LogP contribution in [0, 0.1) is 0 Å². The molecule has 0 aliphatic heterocycles. The zero-order valence-corrected chi connectivity index (χ0v) is 11.8. The Labute approximate surface area is 111 Å². The summed E-state index contributed by atoms with van der Waals surface area (Å²) < 4.78 is 5.06. The van der Waals surface area contributed by atoms with E-state index in [9.17, 15) is 0 Å². The van der Waals surface area contributed by atoms with Crippen molar-refractivity contribution >= 4 is 27.4 Å². The molecule has 0 spiro atoms. The van der Waals surface area contributed by atoms with Crippen molar-refractivity contribution in [1.29, 1.82) is 0 Å². The molecule has 0 aromatic carbocycles. The third-order valence-corrected chi connectivity index (χ3v) is 3.50. The number of hydrogen-bond donors (Lipinski definition) is 1. The van der Waals surface area contributed by atoms with Crippen LogP contribution in [-0.4, -0.2) is 49.2 Å². The van der Waals surface area contributed by atoms with Crippen molar-refractivity contribution in [2.75, 3.05) is 39.7 Å². The van der Waals surface area contributed by atoms with E-state index in [1.165, 1.54) is 0 Å². The molecule has 0 fully saturated rings. The highest BCUT2D eigenvalue weighted by Gasteiger charge is 2.09. The molecule has 2 rings (SSSR count). The summed E-state index contributed by atoms with van der Waals surface area (Å²) in [4.78, 5) is 12.3. The number of aromatic nitrogens is 2. The Morgan fingerprint density at radius 2 is 2.28 bits per heavy atom. The number of fused-ring (bicyclic) bond motifs is 1. The van der Waals surface area contributed by atoms with Crippen LogP contribution in [-0.2, 0) is 11.3 Å². The molecule has 0 aliphatic rings. The topological polar surface area (TPSA) is 50.3 Å². The highest BCUT2D eigenvalue weighted by Crippen LogP contribution is 2.24. The number of methoxy groups -OCH3 is 1. The standard InChI is InChI=1S/C12H18N4OS/c1-13-11-9-4-7-18-12(9)15-10(14-11)8-16(2)5-6-17-3/h4,7H,5-6,8H2,1-3H3,(H,13,14,15). The predicted molar refractivity (Wildman–Crippen MR) is 75.2 cm³/mol. The lowest BCUT2D eigenvalue weighted by molar-refractivity contribution is 0.157. The van der Waals surface area contributed by atoms with Gasteiger partial charge in [-0.05, 0) is 18.5 Å². The third kappa shape index (κ3) is 2.95. The van der Waals surface area contributed by atoms with Crippen LogP contribution in [0.15, 0.2) is 11.4 Å². The lowest BCUT2D eigenvalue weighted by Crippen LogP contribution is -2.23. The molecule has 0 radical (unpaired) electrons. The lowest BCUT2D eigenvalue weighted by Gasteiger charge is -2.15. The van der Waals surface area contributed by atoms with Gasteiger partial charge in [0.05, 0.1) is 18.5 Å². The van der Waals surface area contributed by atoms with Crippen LogP contribution in [0.25, 0.3) is 10.2 Å². The molecular weight excluding hydrogens is 248 g/mol. The molecule has 2 aromatic rings. The van der Waals surface area contributed by atoms with Crippen molar-refractivity contribution in [2.45, 2.75) is 6.54 Å². The number of ether oxygens (including phenoxy) is 1. The summed E-state index contributed by atoms with van der Waals surface area (Å²) in [6.45, 7) is 2.32. The van der Waals surface area contributed by atoms with Gasteiger partial charge in [-0.1, -0.05) is 0 Å². The molecule has 2 heterocycles. The van der Waals surface area contributed by atoms with Crippen LogP contribution in [0.2, 0.25) is 0 Å². The van der Waals surface area contributed by atoms with Crippen LogP contribution in [0.1, 0.15) is 5.82 Å². The molecule has 18 heavy (non-hydrogen) atoms. The highest BCUT2D eigenvalue weighted by atomic mass is 32.1. The first-order valence-corrected chi connectivity index (χ1v) is 6.72. The predicted octanol–water partition coefficient (Wildman–Crippen LogP) is 1.81. The molecule has 1 N–H and O–H groups in total. The molecule has 5 nitrogen and oxygen atoms in total. The summed E-state index contributed by atoms with van der Waals surface area (Å²) in [5, 5.41) is 6.25. The average Bonchev–Trinajstić information content (AvgIpc) is 2.83. The number of anilines is 1. The maximum Gasteiger partial charge on any atom is 0.146 e. The molecule has 0 saturated heterocycles. The van der Waals surface area contributed by atoms with E-state index in [0.29, 0.717) is 0 Å². The van der Waals surface area contributed by atoms with Crippen LogP contribution in [0.4, 0.5) is 5.82 Å². The Morgan fingerprint density at radius 3 is 3.00 bits per heavy atom. The Kier molecular flexibility index (Phi) is 4.46. The van der Waals surface area contributed by atoms with Gasteiger partial charge in [0.15, 0.2) is 0 Å². The van der Waals surface area contributed by atoms with E-state index in [2.05, 4.69) is 20.2 Å². The fourth-order valence-electron chi connectivity index (χ4n) is 1.73. The number of thiophene rings is 1. The molecule has 6 heteroatoms. The highest BCUT2D eigenvalue weighted by molar-refractivity contribution is 7.16. The van der Waals surface area contributed by atoms with Crippen molar-refractivity contribution in [3.63, 3.8) is 0 Å². The summed E-state index contributed by atoms with van der Waals surface area (Å²) in [7, 11) is 5.64. The van der Waals surface area contributed by atoms with Gasteiger partial charge >= 0.3 is 0 Å². The van der Waals surface area contributed by atoms with Crippen molar-refractivity contribution in [3.8, 4) is 0 Å². The molecule has 0 amide bonds. The van der Waals surface area contributed by atoms with Gasteiger partial charge in [-0.25, -0.2) is 9.97 Å². The Balaban J connectivity index is 2.17. The second kappa shape index (κ2) is 6.08. The van der Waals surface area contributed by atoms with E-state index < -0.39 is 0 Å². The smallest absolute Gasteiger partial charge is 0.146 e. The normalized spacial score (nSPS) is 11.3. The second-order valence-electron chi connectivity index (χ2n) is 4.11. The number of likely N-dealkylation sites (N-methyl/N-ethyl adjacent to an activating group) is 1. The number of rotatable bonds is 6. The quantitative estimate of drug-likeness (QED) is 0.864. The Hall–Kier alpha value is -1.24. The molecule has 0 unspecified atom stereocenters. The summed E-state index contributed by atoms with van der Waals surface area (Å²) in [5.74, 6) is 1.74. The Bertz CT molecular complexity index is 514. The van der Waals surface area contributed by atoms with E-state index in [-0.39, 0.29) is 0 Å². The first-order chi connectivity index (χ1) is 8.74. The van der Waals surface area contributed by atoms with Crippen LogP contribution in [0.3, 0.4) is 0 Å². The van der Waals surface area contributed by atoms with E-state index in [4.69, 9.17) is 4.74 Å². The minimum Gasteiger partial charge on any atom is -0.383 e. The number of nitrogens with zero attached hydrogens (tertiary/aromatic N) is 3. The maximum atomic E-state index is 5.06. The summed E-state index contributed by atoms with van der Waals surface area (Å²) in [6, 6.07) is 2.05. The molecule has 0 bridgehead atoms. The van der Waals surface area contributed by atoms with E-state index in [1.54, 1.807) is 18.4 Å². The van der Waals surface area contributed by atoms with Gasteiger partial charge in [-0.15, -0.1) is 11.3 Å². The second-order valence-corrected chi connectivity index (χ2v) is 5.00. The van der Waals surface area contributed by atoms with Gasteiger partial charge in [0.1, 0.15) is 16.5 Å². The van der Waals surface area contributed by atoms with Crippen molar-refractivity contribution in [1.82, 2.24) is 14.9 Å². The van der Waals surface area contributed by atoms with Crippen LogP contribution < -0.4 is 5.32 Å². The SMILES string of the molecule is CNc1nc(CN(C)CCOC)nc2sccc12. The van der Waals surface area contributed by atoms with Gasteiger partial charge in [0.25, 0.3) is 0 Å². The molecule has 0 atom stereocenters. The number of hydrogen-bond acceptors (Lipinski definition) is 6. The van der Waals surface area contributed by atoms with Crippen LogP contribution in [0.5, 0.6) is 0 Å². The minimum atomic E-state index is 0.719. The van der Waals surface area contributed by atoms with Gasteiger partial charge in [0, 0.05) is 20.7 Å². The van der Waals surface area contributed by atoms with Crippen molar-refractivity contribution in [2.24, 2.45) is 0 Å². The van der Waals surface area contributed by atoms with Crippen molar-refractivity contribution in [3.05, 3.63) is 17.3 Å². The zero-order valence-electron chi connectivity index (χ0n) is 10.9.